The Labute approximate surface area is 58.2 Å². The number of hydrogen-bond acceptors (Lipinski definition) is 2. The van der Waals surface area contributed by atoms with Crippen LogP contribution in [0.4, 0.5) is 8.78 Å². The predicted molar refractivity (Wildman–Crippen MR) is 33.1 cm³/mol. The second-order valence-electron chi connectivity index (χ2n) is 2.68. The molecule has 0 aromatic heterocycles. The van der Waals surface area contributed by atoms with Crippen LogP contribution in [0.2, 0.25) is 0 Å². The monoisotopic (exact) mass is 151 g/mol. The highest BCUT2D eigenvalue weighted by Gasteiger charge is 2.38. The van der Waals surface area contributed by atoms with Crippen molar-refractivity contribution in [3.05, 3.63) is 0 Å². The van der Waals surface area contributed by atoms with Gasteiger partial charge in [-0.05, 0) is 19.4 Å². The summed E-state index contributed by atoms with van der Waals surface area (Å²) in [5.41, 5.74) is -1.77. The predicted octanol–water partition coefficient (Wildman–Crippen LogP) is 0.366. The maximum absolute atomic E-state index is 12.0. The molecule has 0 radical (unpaired) electrons. The van der Waals surface area contributed by atoms with Crippen molar-refractivity contribution >= 4 is 0 Å². The van der Waals surface area contributed by atoms with Crippen LogP contribution in [0, 0.1) is 0 Å². The van der Waals surface area contributed by atoms with Gasteiger partial charge in [0.25, 0.3) is 6.43 Å². The number of aliphatic hydroxyl groups is 1. The van der Waals surface area contributed by atoms with Gasteiger partial charge in [0.2, 0.25) is 0 Å². The van der Waals surface area contributed by atoms with Crippen molar-refractivity contribution < 1.29 is 13.9 Å². The summed E-state index contributed by atoms with van der Waals surface area (Å²) < 4.78 is 24.0. The summed E-state index contributed by atoms with van der Waals surface area (Å²) in [6, 6.07) is 0. The van der Waals surface area contributed by atoms with Crippen molar-refractivity contribution in [3.8, 4) is 0 Å². The van der Waals surface area contributed by atoms with Gasteiger partial charge in [0, 0.05) is 6.54 Å². The van der Waals surface area contributed by atoms with Crippen molar-refractivity contribution in [2.75, 3.05) is 13.1 Å². The molecule has 0 unspecified atom stereocenters. The van der Waals surface area contributed by atoms with Gasteiger partial charge in [0.05, 0.1) is 0 Å². The summed E-state index contributed by atoms with van der Waals surface area (Å²) in [6.45, 7) is 0.750. The Balaban J connectivity index is 2.48. The summed E-state index contributed by atoms with van der Waals surface area (Å²) in [5.74, 6) is 0. The van der Waals surface area contributed by atoms with Crippen molar-refractivity contribution in [1.29, 1.82) is 0 Å². The lowest BCUT2D eigenvalue weighted by Gasteiger charge is -2.31. The SMILES string of the molecule is O[C@@]1(C(F)F)CCCNC1. The van der Waals surface area contributed by atoms with Crippen LogP contribution < -0.4 is 5.32 Å². The largest absolute Gasteiger partial charge is 0.383 e. The van der Waals surface area contributed by atoms with Gasteiger partial charge in [-0.2, -0.15) is 0 Å². The van der Waals surface area contributed by atoms with Crippen LogP contribution in [0.3, 0.4) is 0 Å². The topological polar surface area (TPSA) is 32.3 Å². The molecular formula is C6H11F2NO. The zero-order valence-electron chi connectivity index (χ0n) is 5.61. The van der Waals surface area contributed by atoms with Crippen molar-refractivity contribution in [2.24, 2.45) is 0 Å². The minimum atomic E-state index is -2.62. The molecular weight excluding hydrogens is 140 g/mol. The number of rotatable bonds is 1. The lowest BCUT2D eigenvalue weighted by Crippen LogP contribution is -2.50. The van der Waals surface area contributed by atoms with E-state index in [2.05, 4.69) is 5.32 Å². The molecule has 1 heterocycles. The Morgan fingerprint density at radius 3 is 2.50 bits per heavy atom. The molecule has 0 aromatic rings. The summed E-state index contributed by atoms with van der Waals surface area (Å²) in [5, 5.41) is 11.9. The van der Waals surface area contributed by atoms with E-state index in [0.29, 0.717) is 6.42 Å². The third kappa shape index (κ3) is 1.44. The smallest absolute Gasteiger partial charge is 0.268 e. The average molecular weight is 151 g/mol. The third-order valence-corrected chi connectivity index (χ3v) is 1.80. The molecule has 1 aliphatic rings. The van der Waals surface area contributed by atoms with Gasteiger partial charge in [0.15, 0.2) is 0 Å². The normalized spacial score (nSPS) is 34.8. The first-order valence-electron chi connectivity index (χ1n) is 3.36. The molecule has 1 rings (SSSR count). The Kier molecular flexibility index (Phi) is 2.21. The highest BCUT2D eigenvalue weighted by Crippen LogP contribution is 2.22. The zero-order valence-corrected chi connectivity index (χ0v) is 5.61. The number of alkyl halides is 2. The molecule has 1 fully saturated rings. The van der Waals surface area contributed by atoms with Crippen molar-refractivity contribution in [3.63, 3.8) is 0 Å². The van der Waals surface area contributed by atoms with E-state index in [1.165, 1.54) is 0 Å². The van der Waals surface area contributed by atoms with Gasteiger partial charge >= 0.3 is 0 Å². The van der Waals surface area contributed by atoms with Gasteiger partial charge in [-0.15, -0.1) is 0 Å². The van der Waals surface area contributed by atoms with Crippen LogP contribution in [0.25, 0.3) is 0 Å². The fourth-order valence-electron chi connectivity index (χ4n) is 1.10. The Hall–Kier alpha value is -0.220. The molecule has 0 aliphatic carbocycles. The quantitative estimate of drug-likeness (QED) is 0.567. The molecule has 0 bridgehead atoms. The molecule has 0 amide bonds. The minimum absolute atomic E-state index is 0.0185. The molecule has 4 heteroatoms. The number of halogens is 2. The van der Waals surface area contributed by atoms with Gasteiger partial charge < -0.3 is 10.4 Å². The van der Waals surface area contributed by atoms with E-state index in [0.717, 1.165) is 6.54 Å². The van der Waals surface area contributed by atoms with Gasteiger partial charge in [-0.3, -0.25) is 0 Å². The van der Waals surface area contributed by atoms with Crippen LogP contribution in [-0.4, -0.2) is 30.2 Å². The summed E-state index contributed by atoms with van der Waals surface area (Å²) >= 11 is 0. The summed E-state index contributed by atoms with van der Waals surface area (Å²) in [7, 11) is 0. The first kappa shape index (κ1) is 7.88. The molecule has 1 atom stereocenters. The van der Waals surface area contributed by atoms with E-state index in [1.807, 2.05) is 0 Å². The number of hydrogen-bond donors (Lipinski definition) is 2. The zero-order chi connectivity index (χ0) is 7.61. The van der Waals surface area contributed by atoms with E-state index in [9.17, 15) is 8.78 Å². The van der Waals surface area contributed by atoms with E-state index < -0.39 is 12.0 Å². The molecule has 0 saturated carbocycles. The first-order valence-corrected chi connectivity index (χ1v) is 3.36. The van der Waals surface area contributed by atoms with Crippen LogP contribution in [0.1, 0.15) is 12.8 Å². The van der Waals surface area contributed by atoms with E-state index >= 15 is 0 Å². The van der Waals surface area contributed by atoms with Gasteiger partial charge in [-0.25, -0.2) is 8.78 Å². The van der Waals surface area contributed by atoms with Gasteiger partial charge in [-0.1, -0.05) is 0 Å². The molecule has 1 saturated heterocycles. The number of piperidine rings is 1. The molecule has 60 valence electrons. The lowest BCUT2D eigenvalue weighted by atomic mass is 9.95. The van der Waals surface area contributed by atoms with Crippen LogP contribution in [-0.2, 0) is 0 Å². The van der Waals surface area contributed by atoms with Crippen LogP contribution in [0.15, 0.2) is 0 Å². The summed E-state index contributed by atoms with van der Waals surface area (Å²) in [6.07, 6.45) is -1.79. The minimum Gasteiger partial charge on any atom is -0.383 e. The second-order valence-corrected chi connectivity index (χ2v) is 2.68. The molecule has 10 heavy (non-hydrogen) atoms. The second kappa shape index (κ2) is 2.80. The van der Waals surface area contributed by atoms with Crippen LogP contribution in [0.5, 0.6) is 0 Å². The molecule has 2 N–H and O–H groups in total. The van der Waals surface area contributed by atoms with E-state index in [4.69, 9.17) is 5.11 Å². The average Bonchev–Trinajstić information content (AvgIpc) is 1.89. The van der Waals surface area contributed by atoms with E-state index in [1.54, 1.807) is 0 Å². The van der Waals surface area contributed by atoms with Crippen molar-refractivity contribution in [1.82, 2.24) is 5.32 Å². The highest BCUT2D eigenvalue weighted by molar-refractivity contribution is 4.87. The van der Waals surface area contributed by atoms with Crippen LogP contribution >= 0.6 is 0 Å². The standard InChI is InChI=1S/C6H11F2NO/c7-5(8)6(10)2-1-3-9-4-6/h5,9-10H,1-4H2/t6-/m0/s1. The van der Waals surface area contributed by atoms with Crippen molar-refractivity contribution in [2.45, 2.75) is 24.9 Å². The fourth-order valence-corrected chi connectivity index (χ4v) is 1.10. The Morgan fingerprint density at radius 2 is 2.20 bits per heavy atom. The number of nitrogens with one attached hydrogen (secondary N) is 1. The maximum atomic E-state index is 12.0. The number of β-amino-alcohol motifs (C(OH)–C–C–N with tert-alkyl or cyclic N) is 1. The lowest BCUT2D eigenvalue weighted by molar-refractivity contribution is -0.107. The molecule has 1 aliphatic heterocycles. The Bertz CT molecular complexity index is 112. The Morgan fingerprint density at radius 1 is 1.50 bits per heavy atom. The molecule has 0 aromatic carbocycles. The fraction of sp³-hybridized carbons (Fsp3) is 1.00. The molecule has 2 nitrogen and oxygen atoms in total. The van der Waals surface area contributed by atoms with Gasteiger partial charge in [0.1, 0.15) is 5.60 Å². The summed E-state index contributed by atoms with van der Waals surface area (Å²) in [4.78, 5) is 0. The molecule has 0 spiro atoms. The first-order chi connectivity index (χ1) is 4.65. The highest BCUT2D eigenvalue weighted by atomic mass is 19.3. The maximum Gasteiger partial charge on any atom is 0.268 e. The van der Waals surface area contributed by atoms with E-state index in [-0.39, 0.29) is 13.0 Å². The third-order valence-electron chi connectivity index (χ3n) is 1.80.